The molecule has 1 amide bonds. The number of carbonyl (C=O) groups excluding carboxylic acids is 1. The van der Waals surface area contributed by atoms with Gasteiger partial charge in [0, 0.05) is 23.2 Å². The van der Waals surface area contributed by atoms with Gasteiger partial charge in [0.25, 0.3) is 5.91 Å². The summed E-state index contributed by atoms with van der Waals surface area (Å²) in [6, 6.07) is 5.13. The molecule has 7 nitrogen and oxygen atoms in total. The summed E-state index contributed by atoms with van der Waals surface area (Å²) in [5.74, 6) is 0.839. The number of carbonyl (C=O) groups is 1. The lowest BCUT2D eigenvalue weighted by Gasteiger charge is -2.12. The van der Waals surface area contributed by atoms with Crippen molar-refractivity contribution in [3.63, 3.8) is 0 Å². The Morgan fingerprint density at radius 2 is 1.88 bits per heavy atom. The highest BCUT2D eigenvalue weighted by atomic mass is 32.1. The van der Waals surface area contributed by atoms with Gasteiger partial charge in [-0.25, -0.2) is 4.98 Å². The number of nitrogens with one attached hydrogen (secondary N) is 1. The number of anilines is 1. The lowest BCUT2D eigenvalue weighted by Crippen LogP contribution is -2.13. The molecule has 8 heteroatoms. The van der Waals surface area contributed by atoms with Crippen LogP contribution in [-0.4, -0.2) is 32.2 Å². The number of nitriles is 1. The molecule has 24 heavy (non-hydrogen) atoms. The van der Waals surface area contributed by atoms with Gasteiger partial charge in [-0.15, -0.1) is 11.3 Å². The fourth-order valence-corrected chi connectivity index (χ4v) is 2.44. The van der Waals surface area contributed by atoms with Crippen LogP contribution in [-0.2, 0) is 4.79 Å². The zero-order chi connectivity index (χ0) is 17.5. The van der Waals surface area contributed by atoms with Crippen LogP contribution in [0.15, 0.2) is 29.3 Å². The maximum atomic E-state index is 12.2. The predicted octanol–water partition coefficient (Wildman–Crippen LogP) is 2.71. The fraction of sp³-hybridized carbons (Fsp3) is 0.188. The second-order valence-corrected chi connectivity index (χ2v) is 5.30. The maximum absolute atomic E-state index is 12.2. The molecule has 124 valence electrons. The third-order valence-corrected chi connectivity index (χ3v) is 3.74. The zero-order valence-corrected chi connectivity index (χ0v) is 14.1. The number of aromatic nitrogens is 1. The van der Waals surface area contributed by atoms with Crippen molar-refractivity contribution in [2.24, 2.45) is 0 Å². The first-order chi connectivity index (χ1) is 11.6. The number of hydrogen-bond acceptors (Lipinski definition) is 7. The van der Waals surface area contributed by atoms with Crippen LogP contribution in [0.1, 0.15) is 5.56 Å². The molecular formula is C16H15N3O4S. The van der Waals surface area contributed by atoms with Gasteiger partial charge in [-0.2, -0.15) is 5.26 Å². The Labute approximate surface area is 143 Å². The van der Waals surface area contributed by atoms with Gasteiger partial charge in [0.1, 0.15) is 17.4 Å². The Kier molecular flexibility index (Phi) is 5.76. The minimum Gasteiger partial charge on any atom is -0.496 e. The highest BCUT2D eigenvalue weighted by Gasteiger charge is 2.15. The number of rotatable bonds is 6. The number of amides is 1. The van der Waals surface area contributed by atoms with E-state index in [0.29, 0.717) is 27.9 Å². The number of ether oxygens (including phenoxy) is 3. The van der Waals surface area contributed by atoms with Gasteiger partial charge >= 0.3 is 0 Å². The van der Waals surface area contributed by atoms with Crippen molar-refractivity contribution < 1.29 is 19.0 Å². The molecule has 2 aromatic rings. The first-order valence-electron chi connectivity index (χ1n) is 6.75. The topological polar surface area (TPSA) is 93.5 Å². The summed E-state index contributed by atoms with van der Waals surface area (Å²) in [4.78, 5) is 16.1. The van der Waals surface area contributed by atoms with Gasteiger partial charge in [-0.05, 0) is 12.1 Å². The highest BCUT2D eigenvalue weighted by Crippen LogP contribution is 2.35. The number of hydrogen-bond donors (Lipinski definition) is 1. The standard InChI is InChI=1S/C16H15N3O4S/c1-21-12-8-14(23-3)13(22-2)7-10(12)6-11(9-17)15(20)19-16-18-4-5-24-16/h4-8H,1-3H3,(H,18,19,20). The molecule has 1 aromatic heterocycles. The SMILES string of the molecule is COc1cc(OC)c(OC)cc1C=C(C#N)C(=O)Nc1nccs1. The van der Waals surface area contributed by atoms with E-state index in [2.05, 4.69) is 10.3 Å². The Bertz CT molecular complexity index is 794. The van der Waals surface area contributed by atoms with Crippen LogP contribution >= 0.6 is 11.3 Å². The van der Waals surface area contributed by atoms with Gasteiger partial charge in [0.2, 0.25) is 0 Å². The highest BCUT2D eigenvalue weighted by molar-refractivity contribution is 7.13. The summed E-state index contributed by atoms with van der Waals surface area (Å²) in [7, 11) is 4.49. The van der Waals surface area contributed by atoms with Crippen molar-refractivity contribution in [3.05, 3.63) is 34.8 Å². The molecule has 1 N–H and O–H groups in total. The van der Waals surface area contributed by atoms with Crippen LogP contribution in [0.5, 0.6) is 17.2 Å². The largest absolute Gasteiger partial charge is 0.496 e. The molecule has 0 bridgehead atoms. The molecule has 0 spiro atoms. The van der Waals surface area contributed by atoms with E-state index < -0.39 is 5.91 Å². The lowest BCUT2D eigenvalue weighted by atomic mass is 10.1. The summed E-state index contributed by atoms with van der Waals surface area (Å²) < 4.78 is 15.7. The van der Waals surface area contributed by atoms with E-state index in [4.69, 9.17) is 14.2 Å². The molecule has 0 fully saturated rings. The lowest BCUT2D eigenvalue weighted by molar-refractivity contribution is -0.112. The van der Waals surface area contributed by atoms with E-state index in [1.165, 1.54) is 38.7 Å². The Morgan fingerprint density at radius 1 is 1.21 bits per heavy atom. The number of methoxy groups -OCH3 is 3. The number of thiazole rings is 1. The van der Waals surface area contributed by atoms with Crippen LogP contribution in [0.3, 0.4) is 0 Å². The monoisotopic (exact) mass is 345 g/mol. The smallest absolute Gasteiger partial charge is 0.268 e. The van der Waals surface area contributed by atoms with Crippen LogP contribution < -0.4 is 19.5 Å². The van der Waals surface area contributed by atoms with Crippen molar-refractivity contribution in [2.45, 2.75) is 0 Å². The van der Waals surface area contributed by atoms with E-state index >= 15 is 0 Å². The van der Waals surface area contributed by atoms with E-state index in [1.807, 2.05) is 6.07 Å². The number of nitrogens with zero attached hydrogens (tertiary/aromatic N) is 2. The Morgan fingerprint density at radius 3 is 2.42 bits per heavy atom. The van der Waals surface area contributed by atoms with Crippen molar-refractivity contribution >= 4 is 28.5 Å². The van der Waals surface area contributed by atoms with E-state index in [-0.39, 0.29) is 5.57 Å². The normalized spacial score (nSPS) is 10.7. The van der Waals surface area contributed by atoms with Crippen molar-refractivity contribution in [2.75, 3.05) is 26.6 Å². The Hall–Kier alpha value is -3.05. The van der Waals surface area contributed by atoms with Crippen LogP contribution in [0.2, 0.25) is 0 Å². The summed E-state index contributed by atoms with van der Waals surface area (Å²) in [5, 5.41) is 14.0. The zero-order valence-electron chi connectivity index (χ0n) is 13.3. The predicted molar refractivity (Wildman–Crippen MR) is 90.4 cm³/mol. The molecule has 0 aliphatic carbocycles. The summed E-state index contributed by atoms with van der Waals surface area (Å²) >= 11 is 1.26. The molecule has 0 radical (unpaired) electrons. The first-order valence-corrected chi connectivity index (χ1v) is 7.63. The second kappa shape index (κ2) is 7.99. The quantitative estimate of drug-likeness (QED) is 0.639. The molecular weight excluding hydrogens is 330 g/mol. The average Bonchev–Trinajstić information content (AvgIpc) is 3.11. The van der Waals surface area contributed by atoms with Crippen molar-refractivity contribution in [1.29, 1.82) is 5.26 Å². The molecule has 0 saturated carbocycles. The maximum Gasteiger partial charge on any atom is 0.268 e. The van der Waals surface area contributed by atoms with E-state index in [1.54, 1.807) is 23.7 Å². The third-order valence-electron chi connectivity index (χ3n) is 3.05. The minimum atomic E-state index is -0.552. The molecule has 0 unspecified atom stereocenters. The first kappa shape index (κ1) is 17.3. The second-order valence-electron chi connectivity index (χ2n) is 4.41. The van der Waals surface area contributed by atoms with E-state index in [0.717, 1.165) is 0 Å². The van der Waals surface area contributed by atoms with Crippen molar-refractivity contribution in [3.8, 4) is 23.3 Å². The molecule has 0 saturated heterocycles. The van der Waals surface area contributed by atoms with Crippen molar-refractivity contribution in [1.82, 2.24) is 4.98 Å². The van der Waals surface area contributed by atoms with Gasteiger partial charge in [0.15, 0.2) is 16.6 Å². The van der Waals surface area contributed by atoms with Crippen LogP contribution in [0.4, 0.5) is 5.13 Å². The van der Waals surface area contributed by atoms with Crippen LogP contribution in [0.25, 0.3) is 6.08 Å². The fourth-order valence-electron chi connectivity index (χ4n) is 1.92. The summed E-state index contributed by atoms with van der Waals surface area (Å²) in [5.41, 5.74) is 0.428. The van der Waals surface area contributed by atoms with E-state index in [9.17, 15) is 10.1 Å². The third kappa shape index (κ3) is 3.83. The number of benzene rings is 1. The van der Waals surface area contributed by atoms with Crippen LogP contribution in [0, 0.1) is 11.3 Å². The molecule has 1 heterocycles. The molecule has 0 aliphatic heterocycles. The van der Waals surface area contributed by atoms with Gasteiger partial charge < -0.3 is 14.2 Å². The summed E-state index contributed by atoms with van der Waals surface area (Å²) in [6.07, 6.45) is 2.98. The van der Waals surface area contributed by atoms with Gasteiger partial charge in [0.05, 0.1) is 21.3 Å². The minimum absolute atomic E-state index is 0.0873. The molecule has 1 aromatic carbocycles. The molecule has 2 rings (SSSR count). The van der Waals surface area contributed by atoms with Gasteiger partial charge in [-0.1, -0.05) is 0 Å². The average molecular weight is 345 g/mol. The molecule has 0 atom stereocenters. The summed E-state index contributed by atoms with van der Waals surface area (Å²) in [6.45, 7) is 0. The molecule has 0 aliphatic rings. The Balaban J connectivity index is 2.39. The van der Waals surface area contributed by atoms with Gasteiger partial charge in [-0.3, -0.25) is 10.1 Å².